The van der Waals surface area contributed by atoms with E-state index < -0.39 is 11.7 Å². The van der Waals surface area contributed by atoms with Crippen LogP contribution in [0.4, 0.5) is 10.5 Å². The predicted octanol–water partition coefficient (Wildman–Crippen LogP) is 2.81. The normalized spacial score (nSPS) is 12.1. The van der Waals surface area contributed by atoms with E-state index in [1.165, 1.54) is 0 Å². The highest BCUT2D eigenvalue weighted by Crippen LogP contribution is 2.32. The maximum atomic E-state index is 12.3. The van der Waals surface area contributed by atoms with Gasteiger partial charge in [0.15, 0.2) is 11.5 Å². The number of anilines is 1. The SMILES string of the molecule is CC(C)(C)OC(=O)NCC(=O)Nc1ccc(CNC(=O)c2ccc3c(c2)OCO3)cc1. The molecule has 0 spiro atoms. The third-order valence-electron chi connectivity index (χ3n) is 4.12. The van der Waals surface area contributed by atoms with Crippen molar-refractivity contribution in [1.29, 1.82) is 0 Å². The number of alkyl carbamates (subject to hydrolysis) is 1. The molecular formula is C22H25N3O6. The van der Waals surface area contributed by atoms with Crippen LogP contribution in [0.25, 0.3) is 0 Å². The van der Waals surface area contributed by atoms with Gasteiger partial charge in [-0.1, -0.05) is 12.1 Å². The second-order valence-corrected chi connectivity index (χ2v) is 7.85. The van der Waals surface area contributed by atoms with Crippen molar-refractivity contribution < 1.29 is 28.6 Å². The van der Waals surface area contributed by atoms with Crippen LogP contribution in [0.3, 0.4) is 0 Å². The van der Waals surface area contributed by atoms with Crippen LogP contribution < -0.4 is 25.4 Å². The summed E-state index contributed by atoms with van der Waals surface area (Å²) in [6.07, 6.45) is -0.656. The fraction of sp³-hybridized carbons (Fsp3) is 0.318. The average molecular weight is 427 g/mol. The maximum absolute atomic E-state index is 12.3. The Bertz CT molecular complexity index is 966. The molecule has 0 fully saturated rings. The molecule has 3 amide bonds. The predicted molar refractivity (Wildman–Crippen MR) is 113 cm³/mol. The van der Waals surface area contributed by atoms with Crippen molar-refractivity contribution in [2.75, 3.05) is 18.7 Å². The zero-order valence-corrected chi connectivity index (χ0v) is 17.6. The lowest BCUT2D eigenvalue weighted by molar-refractivity contribution is -0.115. The van der Waals surface area contributed by atoms with Gasteiger partial charge >= 0.3 is 6.09 Å². The summed E-state index contributed by atoms with van der Waals surface area (Å²) in [6, 6.07) is 12.0. The fourth-order valence-corrected chi connectivity index (χ4v) is 2.70. The first-order valence-corrected chi connectivity index (χ1v) is 9.73. The van der Waals surface area contributed by atoms with Gasteiger partial charge in [-0.25, -0.2) is 4.79 Å². The first kappa shape index (κ1) is 21.9. The Hall–Kier alpha value is -3.75. The van der Waals surface area contributed by atoms with Gasteiger partial charge in [-0.05, 0) is 56.7 Å². The topological polar surface area (TPSA) is 115 Å². The van der Waals surface area contributed by atoms with Crippen LogP contribution >= 0.6 is 0 Å². The zero-order valence-electron chi connectivity index (χ0n) is 17.6. The number of fused-ring (bicyclic) bond motifs is 1. The first-order chi connectivity index (χ1) is 14.7. The van der Waals surface area contributed by atoms with Gasteiger partial charge < -0.3 is 30.2 Å². The molecule has 9 heteroatoms. The number of carbonyl (C=O) groups excluding carboxylic acids is 3. The summed E-state index contributed by atoms with van der Waals surface area (Å²) >= 11 is 0. The summed E-state index contributed by atoms with van der Waals surface area (Å²) in [7, 11) is 0. The zero-order chi connectivity index (χ0) is 22.4. The Balaban J connectivity index is 1.44. The van der Waals surface area contributed by atoms with Gasteiger partial charge in [-0.3, -0.25) is 9.59 Å². The Labute approximate surface area is 180 Å². The van der Waals surface area contributed by atoms with Crippen LogP contribution in [-0.2, 0) is 16.1 Å². The van der Waals surface area contributed by atoms with E-state index in [1.54, 1.807) is 63.2 Å². The average Bonchev–Trinajstić information content (AvgIpc) is 3.18. The van der Waals surface area contributed by atoms with Gasteiger partial charge in [0.2, 0.25) is 12.7 Å². The summed E-state index contributed by atoms with van der Waals surface area (Å²) in [6.45, 7) is 5.49. The van der Waals surface area contributed by atoms with E-state index in [-0.39, 0.29) is 25.2 Å². The van der Waals surface area contributed by atoms with Crippen LogP contribution in [0.5, 0.6) is 11.5 Å². The third kappa shape index (κ3) is 6.63. The number of nitrogens with one attached hydrogen (secondary N) is 3. The van der Waals surface area contributed by atoms with Crippen molar-refractivity contribution in [3.05, 3.63) is 53.6 Å². The molecule has 0 unspecified atom stereocenters. The smallest absolute Gasteiger partial charge is 0.408 e. The number of hydrogen-bond acceptors (Lipinski definition) is 6. The highest BCUT2D eigenvalue weighted by atomic mass is 16.7. The van der Waals surface area contributed by atoms with Crippen LogP contribution in [0.15, 0.2) is 42.5 Å². The van der Waals surface area contributed by atoms with Gasteiger partial charge in [0.1, 0.15) is 12.1 Å². The van der Waals surface area contributed by atoms with E-state index in [0.717, 1.165) is 5.56 Å². The lowest BCUT2D eigenvalue weighted by Crippen LogP contribution is -2.37. The van der Waals surface area contributed by atoms with E-state index in [4.69, 9.17) is 14.2 Å². The molecule has 0 aromatic heterocycles. The van der Waals surface area contributed by atoms with Gasteiger partial charge in [-0.15, -0.1) is 0 Å². The van der Waals surface area contributed by atoms with Gasteiger partial charge in [-0.2, -0.15) is 0 Å². The van der Waals surface area contributed by atoms with Crippen LogP contribution in [0, 0.1) is 0 Å². The van der Waals surface area contributed by atoms with E-state index in [2.05, 4.69) is 16.0 Å². The van der Waals surface area contributed by atoms with Crippen molar-refractivity contribution in [3.63, 3.8) is 0 Å². The molecule has 0 saturated heterocycles. The van der Waals surface area contributed by atoms with Gasteiger partial charge in [0, 0.05) is 17.8 Å². The van der Waals surface area contributed by atoms with E-state index in [1.807, 2.05) is 0 Å². The summed E-state index contributed by atoms with van der Waals surface area (Å²) < 4.78 is 15.6. The largest absolute Gasteiger partial charge is 0.454 e. The highest BCUT2D eigenvalue weighted by Gasteiger charge is 2.17. The molecule has 1 aliphatic rings. The van der Waals surface area contributed by atoms with Gasteiger partial charge in [0.25, 0.3) is 5.91 Å². The van der Waals surface area contributed by atoms with E-state index in [9.17, 15) is 14.4 Å². The Morgan fingerprint density at radius 3 is 2.39 bits per heavy atom. The number of benzene rings is 2. The molecule has 31 heavy (non-hydrogen) atoms. The fourth-order valence-electron chi connectivity index (χ4n) is 2.70. The molecule has 9 nitrogen and oxygen atoms in total. The minimum Gasteiger partial charge on any atom is -0.454 e. The molecule has 1 heterocycles. The Morgan fingerprint density at radius 2 is 1.68 bits per heavy atom. The third-order valence-corrected chi connectivity index (χ3v) is 4.12. The van der Waals surface area contributed by atoms with Crippen molar-refractivity contribution in [2.45, 2.75) is 32.9 Å². The molecule has 164 valence electrons. The van der Waals surface area contributed by atoms with E-state index >= 15 is 0 Å². The number of carbonyl (C=O) groups is 3. The second-order valence-electron chi connectivity index (χ2n) is 7.85. The minimum absolute atomic E-state index is 0.153. The summed E-state index contributed by atoms with van der Waals surface area (Å²) in [4.78, 5) is 35.9. The van der Waals surface area contributed by atoms with Crippen molar-refractivity contribution >= 4 is 23.6 Å². The molecule has 0 bridgehead atoms. The number of hydrogen-bond donors (Lipinski definition) is 3. The lowest BCUT2D eigenvalue weighted by Gasteiger charge is -2.19. The molecule has 2 aromatic carbocycles. The molecule has 3 rings (SSSR count). The summed E-state index contributed by atoms with van der Waals surface area (Å²) in [5, 5.41) is 7.91. The first-order valence-electron chi connectivity index (χ1n) is 9.73. The highest BCUT2D eigenvalue weighted by molar-refractivity contribution is 5.95. The minimum atomic E-state index is -0.656. The lowest BCUT2D eigenvalue weighted by atomic mass is 10.1. The van der Waals surface area contributed by atoms with Crippen LogP contribution in [0.1, 0.15) is 36.7 Å². The number of amides is 3. The van der Waals surface area contributed by atoms with Crippen LogP contribution in [0.2, 0.25) is 0 Å². The van der Waals surface area contributed by atoms with Crippen molar-refractivity contribution in [3.8, 4) is 11.5 Å². The maximum Gasteiger partial charge on any atom is 0.408 e. The number of rotatable bonds is 6. The Kier molecular flexibility index (Phi) is 6.64. The number of ether oxygens (including phenoxy) is 3. The molecule has 2 aromatic rings. The second kappa shape index (κ2) is 9.38. The molecular weight excluding hydrogens is 402 g/mol. The Morgan fingerprint density at radius 1 is 0.968 bits per heavy atom. The molecule has 0 radical (unpaired) electrons. The monoisotopic (exact) mass is 427 g/mol. The standard InChI is InChI=1S/C22H25N3O6/c1-22(2,3)31-21(28)24-12-19(26)25-16-7-4-14(5-8-16)11-23-20(27)15-6-9-17-18(10-15)30-13-29-17/h4-10H,11-13H2,1-3H3,(H,23,27)(H,24,28)(H,25,26). The molecule has 0 saturated carbocycles. The quantitative estimate of drug-likeness (QED) is 0.653. The molecule has 0 atom stereocenters. The summed E-state index contributed by atoms with van der Waals surface area (Å²) in [5.74, 6) is 0.558. The molecule has 3 N–H and O–H groups in total. The van der Waals surface area contributed by atoms with Gasteiger partial charge in [0.05, 0.1) is 0 Å². The summed E-state index contributed by atoms with van der Waals surface area (Å²) in [5.41, 5.74) is 1.28. The molecule has 0 aliphatic carbocycles. The van der Waals surface area contributed by atoms with E-state index in [0.29, 0.717) is 29.3 Å². The molecule has 1 aliphatic heterocycles. The van der Waals surface area contributed by atoms with Crippen molar-refractivity contribution in [1.82, 2.24) is 10.6 Å². The van der Waals surface area contributed by atoms with Crippen molar-refractivity contribution in [2.24, 2.45) is 0 Å². The van der Waals surface area contributed by atoms with Crippen LogP contribution in [-0.4, -0.2) is 36.8 Å².